The van der Waals surface area contributed by atoms with Crippen molar-refractivity contribution in [3.05, 3.63) is 0 Å². The van der Waals surface area contributed by atoms with E-state index in [1.165, 1.54) is 176 Å². The molecule has 8 aliphatic heterocycles. The van der Waals surface area contributed by atoms with Gasteiger partial charge in [0.25, 0.3) is 0 Å². The molecular formula is C34H69I5N8+2. The molecule has 0 N–H and O–H groups in total. The molecule has 13 heteroatoms. The van der Waals surface area contributed by atoms with Gasteiger partial charge >= 0.3 is 0 Å². The van der Waals surface area contributed by atoms with Crippen molar-refractivity contribution in [2.75, 3.05) is 128 Å². The summed E-state index contributed by atoms with van der Waals surface area (Å²) in [6.45, 7) is 27.6. The monoisotopic (exact) mass is 1220 g/mol. The van der Waals surface area contributed by atoms with E-state index in [1.807, 2.05) is 4.93 Å². The molecule has 0 bridgehead atoms. The van der Waals surface area contributed by atoms with Gasteiger partial charge in [0.1, 0.15) is 0 Å². The minimum absolute atomic E-state index is 0. The highest BCUT2D eigenvalue weighted by Gasteiger charge is 2.62. The highest BCUT2D eigenvalue weighted by Crippen LogP contribution is 2.41. The van der Waals surface area contributed by atoms with Gasteiger partial charge in [0.15, 0.2) is 0 Å². The van der Waals surface area contributed by atoms with Crippen molar-refractivity contribution in [2.45, 2.75) is 89.9 Å². The third-order valence-electron chi connectivity index (χ3n) is 12.4. The van der Waals surface area contributed by atoms with Crippen LogP contribution in [0.4, 0.5) is 0 Å². The molecule has 0 aliphatic carbocycles. The van der Waals surface area contributed by atoms with E-state index >= 15 is 0 Å². The summed E-state index contributed by atoms with van der Waals surface area (Å²) in [6, 6.07) is 0. The van der Waals surface area contributed by atoms with Gasteiger partial charge < -0.3 is 8.97 Å². The topological polar surface area (TPSA) is 19.4 Å². The fourth-order valence-corrected chi connectivity index (χ4v) is 11.1. The first-order valence-electron chi connectivity index (χ1n) is 18.8. The van der Waals surface area contributed by atoms with E-state index in [-0.39, 0.29) is 24.0 Å². The van der Waals surface area contributed by atoms with Crippen molar-refractivity contribution in [1.82, 2.24) is 29.4 Å². The van der Waals surface area contributed by atoms with Crippen LogP contribution >= 0.6 is 106 Å². The zero-order valence-corrected chi connectivity index (χ0v) is 41.2. The lowest BCUT2D eigenvalue weighted by molar-refractivity contribution is -1.05. The molecule has 0 spiro atoms. The second-order valence-electron chi connectivity index (χ2n) is 15.0. The average molecular weight is 1220 g/mol. The summed E-state index contributed by atoms with van der Waals surface area (Å²) in [5.41, 5.74) is 0. The van der Waals surface area contributed by atoms with Crippen LogP contribution in [-0.4, -0.2) is 191 Å². The van der Waals surface area contributed by atoms with Crippen LogP contribution in [0.15, 0.2) is 0 Å². The molecule has 8 heterocycles. The van der Waals surface area contributed by atoms with Crippen LogP contribution in [-0.2, 0) is 0 Å². The molecule has 0 aromatic carbocycles. The van der Waals surface area contributed by atoms with Crippen molar-refractivity contribution in [2.24, 2.45) is 0 Å². The Hall–Kier alpha value is 3.33. The first-order valence-corrected chi connectivity index (χ1v) is 28.7. The summed E-state index contributed by atoms with van der Waals surface area (Å²) in [5.74, 6) is 0. The number of nitrogens with zero attached hydrogens (tertiary/aromatic N) is 8. The molecule has 8 saturated heterocycles. The van der Waals surface area contributed by atoms with Crippen molar-refractivity contribution in [3.63, 3.8) is 0 Å². The van der Waals surface area contributed by atoms with Crippen molar-refractivity contribution < 1.29 is 8.97 Å². The SMILES string of the molecule is C1CN2CCN3CCCN4CCN(C1)C2C34.CCCCI.CCCC[N+]12CCCN3CC[N+]4(C)CCCN(CC1)C4C32.CI.I.II. The fraction of sp³-hybridized carbons (Fsp3) is 1.00. The number of quaternary nitrogens is 2. The molecule has 0 amide bonds. The average Bonchev–Trinajstić information content (AvgIpc) is 3.11. The summed E-state index contributed by atoms with van der Waals surface area (Å²) in [4.78, 5) is 18.7. The molecule has 47 heavy (non-hydrogen) atoms. The Bertz CT molecular complexity index is 826. The molecule has 8 nitrogen and oxygen atoms in total. The van der Waals surface area contributed by atoms with E-state index in [0.717, 1.165) is 24.7 Å². The molecule has 0 aromatic heterocycles. The van der Waals surface area contributed by atoms with Crippen LogP contribution in [0.2, 0.25) is 0 Å². The van der Waals surface area contributed by atoms with Gasteiger partial charge in [-0.25, -0.2) is 9.80 Å². The van der Waals surface area contributed by atoms with Crippen LogP contribution in [0.3, 0.4) is 0 Å². The lowest BCUT2D eigenvalue weighted by atomic mass is 9.95. The summed E-state index contributed by atoms with van der Waals surface area (Å²) in [7, 11) is 2.56. The summed E-state index contributed by atoms with van der Waals surface area (Å²) in [5, 5.41) is 0. The van der Waals surface area contributed by atoms with Gasteiger partial charge in [-0.2, -0.15) is 0 Å². The summed E-state index contributed by atoms with van der Waals surface area (Å²) >= 11 is 8.78. The zero-order valence-electron chi connectivity index (χ0n) is 30.2. The summed E-state index contributed by atoms with van der Waals surface area (Å²) < 4.78 is 4.09. The van der Waals surface area contributed by atoms with Crippen LogP contribution in [0.5, 0.6) is 0 Å². The van der Waals surface area contributed by atoms with Gasteiger partial charge in [0.2, 0.25) is 12.3 Å². The molecule has 8 aliphatic rings. The van der Waals surface area contributed by atoms with Gasteiger partial charge in [0, 0.05) is 116 Å². The van der Waals surface area contributed by atoms with Crippen molar-refractivity contribution >= 4 is 106 Å². The number of rotatable bonds is 5. The first-order chi connectivity index (χ1) is 22.5. The standard InChI is InChI=1S/C17H34N4.C12H22N4.C4H9I.CH3I.I2.HI/c1-3-4-12-21-13-6-8-19-9-14-20(2)11-5-7-18(10-15-21)16(20)17(19)21;1-3-13-7-9-15-5-2-6-16-10-8-14(4-1)11(13)12(15)16;1-2-3-4-5;2*1-2;/h16-17H,3-15H2,1-2H3;11-12H,1-10H2;2-4H2,1H3;1H3;;1H/q+2;;;;;. The fourth-order valence-electron chi connectivity index (χ4n) is 10.3. The molecule has 8 fully saturated rings. The maximum Gasteiger partial charge on any atom is 0.214 e. The van der Waals surface area contributed by atoms with Gasteiger partial charge in [0.05, 0.1) is 65.2 Å². The van der Waals surface area contributed by atoms with E-state index in [1.54, 1.807) is 0 Å². The third-order valence-corrected chi connectivity index (χ3v) is 13.2. The Balaban J connectivity index is 0.000000205. The molecule has 0 aromatic rings. The van der Waals surface area contributed by atoms with Crippen LogP contribution in [0.25, 0.3) is 0 Å². The van der Waals surface area contributed by atoms with Crippen LogP contribution < -0.4 is 0 Å². The maximum atomic E-state index is 2.89. The van der Waals surface area contributed by atoms with E-state index in [2.05, 4.69) is 133 Å². The highest BCUT2D eigenvalue weighted by atomic mass is 128. The first kappa shape index (κ1) is 44.7. The van der Waals surface area contributed by atoms with E-state index in [4.69, 9.17) is 0 Å². The zero-order chi connectivity index (χ0) is 33.2. The molecule has 4 unspecified atom stereocenters. The molecule has 278 valence electrons. The van der Waals surface area contributed by atoms with E-state index in [0.29, 0.717) is 0 Å². The molecule has 0 radical (unpaired) electrons. The number of piperazine rings is 4. The van der Waals surface area contributed by atoms with Crippen molar-refractivity contribution in [3.8, 4) is 0 Å². The normalized spacial score (nSPS) is 36.5. The van der Waals surface area contributed by atoms with Crippen LogP contribution in [0, 0.1) is 0 Å². The molecule has 0 saturated carbocycles. The van der Waals surface area contributed by atoms with Gasteiger partial charge in [-0.05, 0) is 35.0 Å². The lowest BCUT2D eigenvalue weighted by Gasteiger charge is -2.66. The second kappa shape index (κ2) is 22.6. The number of hydrogen-bond acceptors (Lipinski definition) is 6. The third kappa shape index (κ3) is 10.6. The number of unbranched alkanes of at least 4 members (excludes halogenated alkanes) is 2. The van der Waals surface area contributed by atoms with Crippen molar-refractivity contribution in [1.29, 1.82) is 0 Å². The van der Waals surface area contributed by atoms with Gasteiger partial charge in [-0.1, -0.05) is 71.9 Å². The number of hydrogen-bond donors (Lipinski definition) is 0. The minimum Gasteiger partial charge on any atom is -0.304 e. The second-order valence-corrected chi connectivity index (χ2v) is 16.1. The quantitative estimate of drug-likeness (QED) is 0.177. The summed E-state index contributed by atoms with van der Waals surface area (Å²) in [6.07, 6.45) is 14.1. The number of halogens is 5. The molecular weight excluding hydrogens is 1150 g/mol. The Morgan fingerprint density at radius 3 is 1.45 bits per heavy atom. The van der Waals surface area contributed by atoms with Crippen LogP contribution in [0.1, 0.15) is 65.2 Å². The smallest absolute Gasteiger partial charge is 0.214 e. The number of alkyl halides is 2. The largest absolute Gasteiger partial charge is 0.304 e. The minimum atomic E-state index is 0. The van der Waals surface area contributed by atoms with Gasteiger partial charge in [-0.3, -0.25) is 19.6 Å². The Morgan fingerprint density at radius 2 is 0.979 bits per heavy atom. The number of likely N-dealkylation sites (N-methyl/N-ethyl adjacent to an activating group) is 1. The molecule has 4 atom stereocenters. The highest BCUT2D eigenvalue weighted by molar-refractivity contribution is 15.0. The molecule has 8 rings (SSSR count). The predicted molar refractivity (Wildman–Crippen MR) is 246 cm³/mol. The Kier molecular flexibility index (Phi) is 21.6. The lowest BCUT2D eigenvalue weighted by Crippen LogP contribution is -2.86. The Labute approximate surface area is 357 Å². The van der Waals surface area contributed by atoms with E-state index in [9.17, 15) is 0 Å². The van der Waals surface area contributed by atoms with E-state index < -0.39 is 0 Å². The predicted octanol–water partition coefficient (Wildman–Crippen LogP) is 6.48. The maximum absolute atomic E-state index is 2.89. The van der Waals surface area contributed by atoms with Gasteiger partial charge in [-0.15, -0.1) is 24.0 Å². The Morgan fingerprint density at radius 1 is 0.532 bits per heavy atom.